The van der Waals surface area contributed by atoms with E-state index in [-0.39, 0.29) is 24.3 Å². The van der Waals surface area contributed by atoms with Crippen LogP contribution in [0.1, 0.15) is 16.8 Å². The third kappa shape index (κ3) is 2.08. The highest BCUT2D eigenvalue weighted by atomic mass is 35.5. The predicted octanol–water partition coefficient (Wildman–Crippen LogP) is 1.04. The van der Waals surface area contributed by atoms with Crippen LogP contribution in [0.25, 0.3) is 0 Å². The Labute approximate surface area is 98.0 Å². The molecule has 1 fully saturated rings. The Hall–Kier alpha value is -1.39. The lowest BCUT2D eigenvalue weighted by Crippen LogP contribution is -2.34. The Morgan fingerprint density at radius 3 is 2.50 bits per heavy atom. The van der Waals surface area contributed by atoms with E-state index in [2.05, 4.69) is 0 Å². The van der Waals surface area contributed by atoms with Crippen molar-refractivity contribution in [1.82, 2.24) is 4.90 Å². The zero-order valence-electron chi connectivity index (χ0n) is 8.52. The van der Waals surface area contributed by atoms with Crippen molar-refractivity contribution in [1.29, 1.82) is 0 Å². The maximum Gasteiger partial charge on any atom is 0.260 e. The number of hydrogen-bond acceptors (Lipinski definition) is 3. The van der Waals surface area contributed by atoms with Gasteiger partial charge >= 0.3 is 0 Å². The molecule has 0 saturated carbocycles. The van der Waals surface area contributed by atoms with Crippen molar-refractivity contribution in [2.75, 3.05) is 6.54 Å². The quantitative estimate of drug-likeness (QED) is 0.744. The first-order valence-corrected chi connectivity index (χ1v) is 5.31. The maximum atomic E-state index is 11.9. The Bertz CT molecular complexity index is 430. The Balaban J connectivity index is 2.19. The summed E-state index contributed by atoms with van der Waals surface area (Å²) >= 11 is 5.72. The minimum Gasteiger partial charge on any atom is -0.326 e. The lowest BCUT2D eigenvalue weighted by Gasteiger charge is -2.13. The van der Waals surface area contributed by atoms with Gasteiger partial charge in [0, 0.05) is 29.6 Å². The molecule has 1 unspecified atom stereocenters. The second-order valence-corrected chi connectivity index (χ2v) is 4.22. The number of amides is 2. The highest BCUT2D eigenvalue weighted by Gasteiger charge is 2.32. The molecular formula is C11H11ClN2O2. The molecule has 1 aromatic carbocycles. The summed E-state index contributed by atoms with van der Waals surface area (Å²) in [6, 6.07) is 6.19. The summed E-state index contributed by atoms with van der Waals surface area (Å²) in [4.78, 5) is 24.6. The highest BCUT2D eigenvalue weighted by Crippen LogP contribution is 2.16. The van der Waals surface area contributed by atoms with Gasteiger partial charge in [0.1, 0.15) is 0 Å². The number of halogens is 1. The first-order valence-electron chi connectivity index (χ1n) is 4.94. The summed E-state index contributed by atoms with van der Waals surface area (Å²) < 4.78 is 0. The predicted molar refractivity (Wildman–Crippen MR) is 60.1 cm³/mol. The van der Waals surface area contributed by atoms with Crippen LogP contribution >= 0.6 is 11.6 Å². The summed E-state index contributed by atoms with van der Waals surface area (Å²) in [6.45, 7) is 0.292. The van der Waals surface area contributed by atoms with Crippen molar-refractivity contribution in [3.05, 3.63) is 34.9 Å². The van der Waals surface area contributed by atoms with Gasteiger partial charge in [-0.3, -0.25) is 14.5 Å². The number of carbonyl (C=O) groups excluding carboxylic acids is 2. The lowest BCUT2D eigenvalue weighted by atomic mass is 10.2. The number of nitrogens with zero attached hydrogens (tertiary/aromatic N) is 1. The first kappa shape index (κ1) is 11.1. The van der Waals surface area contributed by atoms with Crippen LogP contribution < -0.4 is 5.73 Å². The normalized spacial score (nSPS) is 20.2. The van der Waals surface area contributed by atoms with E-state index in [0.29, 0.717) is 17.1 Å². The minimum absolute atomic E-state index is 0.215. The molecule has 0 bridgehead atoms. The van der Waals surface area contributed by atoms with Gasteiger partial charge in [0.05, 0.1) is 0 Å². The van der Waals surface area contributed by atoms with E-state index in [4.69, 9.17) is 17.3 Å². The molecule has 1 heterocycles. The fourth-order valence-electron chi connectivity index (χ4n) is 1.68. The fraction of sp³-hybridized carbons (Fsp3) is 0.273. The summed E-state index contributed by atoms with van der Waals surface area (Å²) in [5, 5.41) is 0.556. The third-order valence-electron chi connectivity index (χ3n) is 2.49. The summed E-state index contributed by atoms with van der Waals surface area (Å²) in [7, 11) is 0. The molecule has 0 aromatic heterocycles. The smallest absolute Gasteiger partial charge is 0.260 e. The molecule has 1 aromatic rings. The molecule has 1 aliphatic heterocycles. The summed E-state index contributed by atoms with van der Waals surface area (Å²) in [5.41, 5.74) is 6.07. The molecule has 1 aliphatic rings. The molecule has 0 radical (unpaired) electrons. The molecule has 2 N–H and O–H groups in total. The van der Waals surface area contributed by atoms with E-state index in [1.807, 2.05) is 0 Å². The molecule has 0 aliphatic carbocycles. The van der Waals surface area contributed by atoms with Gasteiger partial charge in [-0.2, -0.15) is 0 Å². The second kappa shape index (κ2) is 4.23. The Kier molecular flexibility index (Phi) is 2.94. The van der Waals surface area contributed by atoms with Gasteiger partial charge in [-0.25, -0.2) is 0 Å². The van der Waals surface area contributed by atoms with Gasteiger partial charge < -0.3 is 5.73 Å². The van der Waals surface area contributed by atoms with Gasteiger partial charge in [0.2, 0.25) is 5.91 Å². The van der Waals surface area contributed by atoms with Crippen LogP contribution in [0.3, 0.4) is 0 Å². The largest absolute Gasteiger partial charge is 0.326 e. The lowest BCUT2D eigenvalue weighted by molar-refractivity contribution is -0.125. The van der Waals surface area contributed by atoms with Crippen molar-refractivity contribution in [3.8, 4) is 0 Å². The monoisotopic (exact) mass is 238 g/mol. The van der Waals surface area contributed by atoms with E-state index in [1.54, 1.807) is 24.3 Å². The molecule has 4 nitrogen and oxygen atoms in total. The van der Waals surface area contributed by atoms with Gasteiger partial charge in [0.15, 0.2) is 0 Å². The second-order valence-electron chi connectivity index (χ2n) is 3.78. The standard InChI is InChI=1S/C11H11ClN2O2/c12-8-3-1-7(2-4-8)11(16)14-6-9(13)5-10(14)15/h1-4,9H,5-6,13H2. The average molecular weight is 239 g/mol. The molecule has 5 heteroatoms. The van der Waals surface area contributed by atoms with Crippen LogP contribution in [0.2, 0.25) is 5.02 Å². The summed E-state index contributed by atoms with van der Waals surface area (Å²) in [6.07, 6.45) is 0.235. The number of rotatable bonds is 1. The van der Waals surface area contributed by atoms with Crippen molar-refractivity contribution >= 4 is 23.4 Å². The van der Waals surface area contributed by atoms with Crippen LogP contribution in [-0.2, 0) is 4.79 Å². The van der Waals surface area contributed by atoms with Crippen molar-refractivity contribution in [2.45, 2.75) is 12.5 Å². The Morgan fingerprint density at radius 2 is 2.00 bits per heavy atom. The van der Waals surface area contributed by atoms with Crippen LogP contribution in [0.5, 0.6) is 0 Å². The third-order valence-corrected chi connectivity index (χ3v) is 2.74. The minimum atomic E-state index is -0.311. The SMILES string of the molecule is NC1CC(=O)N(C(=O)c2ccc(Cl)cc2)C1. The molecule has 2 rings (SSSR count). The average Bonchev–Trinajstić information content (AvgIpc) is 2.58. The molecule has 1 atom stereocenters. The van der Waals surface area contributed by atoms with E-state index in [0.717, 1.165) is 0 Å². The van der Waals surface area contributed by atoms with Gasteiger partial charge in [0.25, 0.3) is 5.91 Å². The number of nitrogens with two attached hydrogens (primary N) is 1. The van der Waals surface area contributed by atoms with Crippen LogP contribution in [-0.4, -0.2) is 29.3 Å². The highest BCUT2D eigenvalue weighted by molar-refractivity contribution is 6.30. The van der Waals surface area contributed by atoms with Gasteiger partial charge in [-0.1, -0.05) is 11.6 Å². The van der Waals surface area contributed by atoms with Crippen molar-refractivity contribution in [2.24, 2.45) is 5.73 Å². The van der Waals surface area contributed by atoms with Crippen LogP contribution in [0.15, 0.2) is 24.3 Å². The van der Waals surface area contributed by atoms with Crippen LogP contribution in [0, 0.1) is 0 Å². The number of imide groups is 1. The molecule has 0 spiro atoms. The number of hydrogen-bond donors (Lipinski definition) is 1. The molecule has 1 saturated heterocycles. The molecule has 84 valence electrons. The first-order chi connectivity index (χ1) is 7.58. The topological polar surface area (TPSA) is 63.4 Å². The van der Waals surface area contributed by atoms with E-state index >= 15 is 0 Å². The number of benzene rings is 1. The molecule has 2 amide bonds. The number of likely N-dealkylation sites (tertiary alicyclic amines) is 1. The zero-order valence-corrected chi connectivity index (χ0v) is 9.28. The van der Waals surface area contributed by atoms with E-state index in [9.17, 15) is 9.59 Å². The van der Waals surface area contributed by atoms with E-state index in [1.165, 1.54) is 4.90 Å². The summed E-state index contributed by atoms with van der Waals surface area (Å²) in [5.74, 6) is -0.526. The zero-order chi connectivity index (χ0) is 11.7. The van der Waals surface area contributed by atoms with Gasteiger partial charge in [-0.05, 0) is 24.3 Å². The Morgan fingerprint density at radius 1 is 1.38 bits per heavy atom. The van der Waals surface area contributed by atoms with Gasteiger partial charge in [-0.15, -0.1) is 0 Å². The van der Waals surface area contributed by atoms with Crippen LogP contribution in [0.4, 0.5) is 0 Å². The van der Waals surface area contributed by atoms with Crippen molar-refractivity contribution in [3.63, 3.8) is 0 Å². The molecule has 16 heavy (non-hydrogen) atoms. The number of carbonyl (C=O) groups is 2. The van der Waals surface area contributed by atoms with Crippen molar-refractivity contribution < 1.29 is 9.59 Å². The van der Waals surface area contributed by atoms with E-state index < -0.39 is 0 Å². The maximum absolute atomic E-state index is 11.9. The fourth-order valence-corrected chi connectivity index (χ4v) is 1.81. The molecular weight excluding hydrogens is 228 g/mol.